The fraction of sp³-hybridized carbons (Fsp3) is 0.370. The number of rotatable bonds is 7. The van der Waals surface area contributed by atoms with Gasteiger partial charge in [0.15, 0.2) is 0 Å². The summed E-state index contributed by atoms with van der Waals surface area (Å²) in [5, 5.41) is 38.2. The van der Waals surface area contributed by atoms with E-state index in [2.05, 4.69) is 48.7 Å². The van der Waals surface area contributed by atoms with Crippen molar-refractivity contribution in [1.82, 2.24) is 15.0 Å². The first-order valence-electron chi connectivity index (χ1n) is 12.1. The van der Waals surface area contributed by atoms with E-state index in [-0.39, 0.29) is 12.6 Å². The van der Waals surface area contributed by atoms with Gasteiger partial charge in [-0.2, -0.15) is 4.98 Å². The Balaban J connectivity index is 1.53. The van der Waals surface area contributed by atoms with E-state index in [0.29, 0.717) is 18.2 Å². The number of aryl methyl sites for hydroxylation is 2. The second-order valence-electron chi connectivity index (χ2n) is 9.53. The van der Waals surface area contributed by atoms with Crippen LogP contribution in [0.4, 0.5) is 11.8 Å². The predicted octanol–water partition coefficient (Wildman–Crippen LogP) is 4.06. The summed E-state index contributed by atoms with van der Waals surface area (Å²) in [5.41, 5.74) is 4.72. The largest absolute Gasteiger partial charge is 0.396 e. The van der Waals surface area contributed by atoms with E-state index >= 15 is 0 Å². The lowest BCUT2D eigenvalue weighted by atomic mass is 10.1. The Bertz CT molecular complexity index is 1330. The predicted molar refractivity (Wildman–Crippen MR) is 143 cm³/mol. The molecule has 5 N–H and O–H groups in total. The maximum atomic E-state index is 10.7. The minimum atomic E-state index is -1.02. The van der Waals surface area contributed by atoms with Gasteiger partial charge >= 0.3 is 0 Å². The highest BCUT2D eigenvalue weighted by atomic mass is 32.1. The summed E-state index contributed by atoms with van der Waals surface area (Å²) in [7, 11) is 0. The molecule has 2 aromatic carbocycles. The first-order chi connectivity index (χ1) is 17.3. The molecule has 0 aliphatic heterocycles. The van der Waals surface area contributed by atoms with E-state index in [4.69, 9.17) is 15.0 Å². The molecule has 9 heteroatoms. The molecule has 8 nitrogen and oxygen atoms in total. The molecule has 1 aliphatic rings. The van der Waals surface area contributed by atoms with E-state index < -0.39 is 24.2 Å². The summed E-state index contributed by atoms with van der Waals surface area (Å²) in [5.74, 6) is 0.597. The van der Waals surface area contributed by atoms with Gasteiger partial charge in [-0.15, -0.1) is 11.3 Å². The SMILES string of the molecule is Cc1ccc(C(C)Nc2nc(C)c(-c3nc4ccccc4s3)c(NC3CC(CO)C(O)C3O)n2)cc1. The minimum absolute atomic E-state index is 0.0242. The van der Waals surface area contributed by atoms with E-state index in [9.17, 15) is 15.3 Å². The van der Waals surface area contributed by atoms with Crippen molar-refractivity contribution in [2.24, 2.45) is 5.92 Å². The molecule has 0 spiro atoms. The Hall–Kier alpha value is -3.11. The van der Waals surface area contributed by atoms with Crippen LogP contribution in [-0.2, 0) is 0 Å². The van der Waals surface area contributed by atoms with Crippen molar-refractivity contribution in [1.29, 1.82) is 0 Å². The number of nitrogens with zero attached hydrogens (tertiary/aromatic N) is 3. The van der Waals surface area contributed by atoms with Gasteiger partial charge in [-0.1, -0.05) is 42.0 Å². The van der Waals surface area contributed by atoms with Crippen LogP contribution in [0.15, 0.2) is 48.5 Å². The van der Waals surface area contributed by atoms with Crippen molar-refractivity contribution in [3.8, 4) is 10.6 Å². The fourth-order valence-electron chi connectivity index (χ4n) is 4.73. The van der Waals surface area contributed by atoms with Gasteiger partial charge in [-0.3, -0.25) is 0 Å². The molecule has 0 bridgehead atoms. The van der Waals surface area contributed by atoms with Crippen LogP contribution in [-0.4, -0.2) is 55.1 Å². The lowest BCUT2D eigenvalue weighted by molar-refractivity contribution is 0.00446. The second-order valence-corrected chi connectivity index (χ2v) is 10.6. The Morgan fingerprint density at radius 1 is 1.00 bits per heavy atom. The Kier molecular flexibility index (Phi) is 6.90. The van der Waals surface area contributed by atoms with Crippen LogP contribution in [0.25, 0.3) is 20.8 Å². The summed E-state index contributed by atoms with van der Waals surface area (Å²) in [4.78, 5) is 14.4. The second kappa shape index (κ2) is 10.1. The van der Waals surface area contributed by atoms with Crippen LogP contribution in [0.5, 0.6) is 0 Å². The molecule has 5 rings (SSSR count). The Morgan fingerprint density at radius 2 is 1.75 bits per heavy atom. The number of aliphatic hydroxyl groups is 3. The van der Waals surface area contributed by atoms with Gasteiger partial charge in [0, 0.05) is 12.5 Å². The van der Waals surface area contributed by atoms with Crippen molar-refractivity contribution < 1.29 is 15.3 Å². The zero-order chi connectivity index (χ0) is 25.4. The number of hydrogen-bond donors (Lipinski definition) is 5. The molecule has 0 amide bonds. The molecule has 4 aromatic rings. The van der Waals surface area contributed by atoms with Gasteiger partial charge in [0.25, 0.3) is 0 Å². The number of para-hydroxylation sites is 1. The molecule has 1 fully saturated rings. The molecule has 188 valence electrons. The van der Waals surface area contributed by atoms with Gasteiger partial charge in [-0.05, 0) is 44.9 Å². The zero-order valence-electron chi connectivity index (χ0n) is 20.5. The molecule has 1 aliphatic carbocycles. The summed E-state index contributed by atoms with van der Waals surface area (Å²) >= 11 is 1.56. The molecule has 5 atom stereocenters. The van der Waals surface area contributed by atoms with E-state index in [1.165, 1.54) is 5.56 Å². The van der Waals surface area contributed by atoms with Crippen LogP contribution in [0.3, 0.4) is 0 Å². The minimum Gasteiger partial charge on any atom is -0.396 e. The van der Waals surface area contributed by atoms with Gasteiger partial charge in [-0.25, -0.2) is 9.97 Å². The van der Waals surface area contributed by atoms with E-state index in [1.54, 1.807) is 11.3 Å². The van der Waals surface area contributed by atoms with Gasteiger partial charge in [0.2, 0.25) is 5.95 Å². The van der Waals surface area contributed by atoms with Gasteiger partial charge in [0.1, 0.15) is 16.9 Å². The third-order valence-corrected chi connectivity index (χ3v) is 7.93. The summed E-state index contributed by atoms with van der Waals surface area (Å²) in [6.45, 7) is 5.85. The highest BCUT2D eigenvalue weighted by Gasteiger charge is 2.41. The molecular weight excluding hydrogens is 474 g/mol. The quantitative estimate of drug-likeness (QED) is 0.255. The van der Waals surface area contributed by atoms with Crippen LogP contribution in [0.1, 0.15) is 36.2 Å². The van der Waals surface area contributed by atoms with Crippen LogP contribution in [0, 0.1) is 19.8 Å². The number of anilines is 2. The molecule has 36 heavy (non-hydrogen) atoms. The molecule has 2 aromatic heterocycles. The third-order valence-electron chi connectivity index (χ3n) is 6.88. The van der Waals surface area contributed by atoms with Crippen molar-refractivity contribution in [3.05, 3.63) is 65.4 Å². The van der Waals surface area contributed by atoms with Crippen molar-refractivity contribution in [2.75, 3.05) is 17.2 Å². The van der Waals surface area contributed by atoms with Crippen LogP contribution >= 0.6 is 11.3 Å². The maximum Gasteiger partial charge on any atom is 0.225 e. The highest BCUT2D eigenvalue weighted by Crippen LogP contribution is 2.38. The van der Waals surface area contributed by atoms with Crippen LogP contribution in [0.2, 0.25) is 0 Å². The van der Waals surface area contributed by atoms with Crippen LogP contribution < -0.4 is 10.6 Å². The van der Waals surface area contributed by atoms with Crippen molar-refractivity contribution in [2.45, 2.75) is 51.5 Å². The van der Waals surface area contributed by atoms with Gasteiger partial charge in [0.05, 0.1) is 39.7 Å². The smallest absolute Gasteiger partial charge is 0.225 e. The Morgan fingerprint density at radius 3 is 2.44 bits per heavy atom. The van der Waals surface area contributed by atoms with Crippen molar-refractivity contribution >= 4 is 33.3 Å². The topological polar surface area (TPSA) is 123 Å². The first kappa shape index (κ1) is 24.6. The lowest BCUT2D eigenvalue weighted by Crippen LogP contribution is -2.35. The molecular formula is C27H31N5O3S. The number of thiazole rings is 1. The highest BCUT2D eigenvalue weighted by molar-refractivity contribution is 7.21. The maximum absolute atomic E-state index is 10.7. The zero-order valence-corrected chi connectivity index (χ0v) is 21.3. The van der Waals surface area contributed by atoms with E-state index in [0.717, 1.165) is 32.0 Å². The number of aliphatic hydroxyl groups excluding tert-OH is 3. The van der Waals surface area contributed by atoms with Crippen molar-refractivity contribution in [3.63, 3.8) is 0 Å². The lowest BCUT2D eigenvalue weighted by Gasteiger charge is -2.22. The molecule has 1 saturated carbocycles. The molecule has 2 heterocycles. The van der Waals surface area contributed by atoms with Gasteiger partial charge < -0.3 is 26.0 Å². The normalized spacial score (nSPS) is 22.6. The summed E-state index contributed by atoms with van der Waals surface area (Å²) < 4.78 is 1.06. The number of aromatic nitrogens is 3. The standard InChI is InChI=1S/C27H31N5O3S/c1-14-8-10-17(11-9-14)15(2)28-27-29-16(3)22(26-31-19-6-4-5-7-21(19)36-26)25(32-27)30-20-12-18(13-33)23(34)24(20)35/h4-11,15,18,20,23-24,33-35H,12-13H2,1-3H3,(H2,28,29,30,32). The number of hydrogen-bond acceptors (Lipinski definition) is 9. The summed E-state index contributed by atoms with van der Waals surface area (Å²) in [6.07, 6.45) is -1.60. The number of nitrogens with one attached hydrogen (secondary N) is 2. The molecule has 5 unspecified atom stereocenters. The average Bonchev–Trinajstić information content (AvgIpc) is 3.40. The molecule has 0 radical (unpaired) electrons. The monoisotopic (exact) mass is 505 g/mol. The molecule has 0 saturated heterocycles. The summed E-state index contributed by atoms with van der Waals surface area (Å²) in [6, 6.07) is 15.8. The third kappa shape index (κ3) is 4.79. The fourth-order valence-corrected chi connectivity index (χ4v) is 5.80. The first-order valence-corrected chi connectivity index (χ1v) is 13.0. The Labute approximate surface area is 214 Å². The number of fused-ring (bicyclic) bond motifs is 1. The number of benzene rings is 2. The van der Waals surface area contributed by atoms with E-state index in [1.807, 2.05) is 31.2 Å². The average molecular weight is 506 g/mol.